The van der Waals surface area contributed by atoms with Gasteiger partial charge in [-0.2, -0.15) is 13.2 Å². The van der Waals surface area contributed by atoms with Crippen LogP contribution in [0.15, 0.2) is 48.7 Å². The Morgan fingerprint density at radius 3 is 2.67 bits per heavy atom. The molecule has 40 heavy (non-hydrogen) atoms. The molecule has 2 N–H and O–H groups in total. The number of anilines is 2. The van der Waals surface area contributed by atoms with Crippen LogP contribution >= 0.6 is 0 Å². The summed E-state index contributed by atoms with van der Waals surface area (Å²) in [7, 11) is 0. The van der Waals surface area contributed by atoms with Crippen LogP contribution in [0, 0.1) is 6.92 Å². The standard InChI is InChI=1S/C29H31F3N4O4/c1-3-36-13-9-21(10-14-36)39-23-7-6-20(17-22(23)29(30,31)32)35-28(37)19-5-4-18(2)25(16-19)40-24-8-11-33-27-26(24)38-15-12-34-27/h4-8,11,16-17,21H,3,9-10,12-15H2,1-2H3,(H,33,34)(H,35,37). The van der Waals surface area contributed by atoms with Gasteiger partial charge in [0.15, 0.2) is 11.6 Å². The molecule has 2 aliphatic heterocycles. The predicted molar refractivity (Wildman–Crippen MR) is 145 cm³/mol. The average Bonchev–Trinajstić information content (AvgIpc) is 2.95. The zero-order chi connectivity index (χ0) is 28.3. The van der Waals surface area contributed by atoms with Crippen LogP contribution in [0.4, 0.5) is 24.7 Å². The van der Waals surface area contributed by atoms with Crippen molar-refractivity contribution in [2.24, 2.45) is 0 Å². The van der Waals surface area contributed by atoms with Gasteiger partial charge in [0.1, 0.15) is 24.2 Å². The predicted octanol–water partition coefficient (Wildman–Crippen LogP) is 6.12. The zero-order valence-corrected chi connectivity index (χ0v) is 22.3. The molecule has 3 aromatic rings. The normalized spacial score (nSPS) is 15.9. The fourth-order valence-electron chi connectivity index (χ4n) is 4.73. The number of likely N-dealkylation sites (tertiary alicyclic amines) is 1. The molecule has 3 heterocycles. The molecular formula is C29H31F3N4O4. The lowest BCUT2D eigenvalue weighted by Crippen LogP contribution is -2.38. The van der Waals surface area contributed by atoms with Crippen LogP contribution in [0.1, 0.15) is 41.3 Å². The highest BCUT2D eigenvalue weighted by Crippen LogP contribution is 2.40. The Hall–Kier alpha value is -3.99. The van der Waals surface area contributed by atoms with Crippen LogP contribution in [0.25, 0.3) is 0 Å². The van der Waals surface area contributed by atoms with E-state index < -0.39 is 17.6 Å². The number of nitrogens with one attached hydrogen (secondary N) is 2. The van der Waals surface area contributed by atoms with Gasteiger partial charge in [-0.3, -0.25) is 4.79 Å². The number of piperidine rings is 1. The van der Waals surface area contributed by atoms with Crippen molar-refractivity contribution < 1.29 is 32.2 Å². The number of rotatable bonds is 7. The van der Waals surface area contributed by atoms with Gasteiger partial charge >= 0.3 is 6.18 Å². The molecule has 0 unspecified atom stereocenters. The molecule has 0 bridgehead atoms. The number of aryl methyl sites for hydroxylation is 1. The third-order valence-electron chi connectivity index (χ3n) is 7.00. The Kier molecular flexibility index (Phi) is 8.02. The Labute approximate surface area is 230 Å². The second-order valence-corrected chi connectivity index (χ2v) is 9.76. The maximum atomic E-state index is 13.9. The van der Waals surface area contributed by atoms with Crippen molar-refractivity contribution >= 4 is 17.4 Å². The van der Waals surface area contributed by atoms with Gasteiger partial charge in [-0.1, -0.05) is 13.0 Å². The third kappa shape index (κ3) is 6.25. The molecule has 0 radical (unpaired) electrons. The molecule has 5 rings (SSSR count). The van der Waals surface area contributed by atoms with Gasteiger partial charge in [0.05, 0.1) is 12.1 Å². The van der Waals surface area contributed by atoms with Gasteiger partial charge in [-0.15, -0.1) is 0 Å². The first-order valence-electron chi connectivity index (χ1n) is 13.3. The Balaban J connectivity index is 1.32. The second kappa shape index (κ2) is 11.6. The quantitative estimate of drug-likeness (QED) is 0.363. The number of fused-ring (bicyclic) bond motifs is 1. The van der Waals surface area contributed by atoms with E-state index in [4.69, 9.17) is 14.2 Å². The van der Waals surface area contributed by atoms with Crippen molar-refractivity contribution in [1.29, 1.82) is 0 Å². The Morgan fingerprint density at radius 2 is 1.93 bits per heavy atom. The number of alkyl halides is 3. The highest BCUT2D eigenvalue weighted by molar-refractivity contribution is 6.04. The van der Waals surface area contributed by atoms with Gasteiger partial charge < -0.3 is 29.7 Å². The summed E-state index contributed by atoms with van der Waals surface area (Å²) >= 11 is 0. The van der Waals surface area contributed by atoms with Crippen LogP contribution in [0.5, 0.6) is 23.0 Å². The van der Waals surface area contributed by atoms with E-state index in [0.29, 0.717) is 49.1 Å². The summed E-state index contributed by atoms with van der Waals surface area (Å²) in [6, 6.07) is 10.1. The number of carbonyl (C=O) groups excluding carboxylic acids is 1. The Bertz CT molecular complexity index is 1370. The van der Waals surface area contributed by atoms with Crippen LogP contribution in [-0.2, 0) is 6.18 Å². The summed E-state index contributed by atoms with van der Waals surface area (Å²) in [5, 5.41) is 5.71. The molecule has 0 aliphatic carbocycles. The molecule has 0 saturated carbocycles. The third-order valence-corrected chi connectivity index (χ3v) is 7.00. The fraction of sp³-hybridized carbons (Fsp3) is 0.379. The number of benzene rings is 2. The Morgan fingerprint density at radius 1 is 1.12 bits per heavy atom. The number of nitrogens with zero attached hydrogens (tertiary/aromatic N) is 2. The van der Waals surface area contributed by atoms with Crippen molar-refractivity contribution in [3.8, 4) is 23.0 Å². The summed E-state index contributed by atoms with van der Waals surface area (Å²) in [6.07, 6.45) is -2.03. The molecule has 2 aliphatic rings. The van der Waals surface area contributed by atoms with Crippen LogP contribution in [0.2, 0.25) is 0 Å². The summed E-state index contributed by atoms with van der Waals surface area (Å²) in [5.41, 5.74) is 0.0686. The number of carbonyl (C=O) groups is 1. The maximum Gasteiger partial charge on any atom is 0.420 e. The number of halogens is 3. The van der Waals surface area contributed by atoms with E-state index in [-0.39, 0.29) is 23.1 Å². The first kappa shape index (κ1) is 27.6. The summed E-state index contributed by atoms with van der Waals surface area (Å²) in [6.45, 7) is 7.43. The largest absolute Gasteiger partial charge is 0.490 e. The fourth-order valence-corrected chi connectivity index (χ4v) is 4.73. The SMILES string of the molecule is CCN1CCC(Oc2ccc(NC(=O)c3ccc(C)c(Oc4ccnc5c4OCCN5)c3)cc2C(F)(F)F)CC1. The van der Waals surface area contributed by atoms with Crippen molar-refractivity contribution in [2.45, 2.75) is 39.0 Å². The molecular weight excluding hydrogens is 525 g/mol. The zero-order valence-electron chi connectivity index (χ0n) is 22.3. The molecule has 2 aromatic carbocycles. The highest BCUT2D eigenvalue weighted by Gasteiger charge is 2.36. The minimum absolute atomic E-state index is 0.0104. The smallest absolute Gasteiger partial charge is 0.420 e. The van der Waals surface area contributed by atoms with Gasteiger partial charge in [0, 0.05) is 36.6 Å². The molecule has 8 nitrogen and oxygen atoms in total. The van der Waals surface area contributed by atoms with Crippen LogP contribution in [-0.4, -0.2) is 54.7 Å². The molecule has 212 valence electrons. The van der Waals surface area contributed by atoms with E-state index in [1.807, 2.05) is 6.92 Å². The number of amides is 1. The molecule has 1 fully saturated rings. The molecule has 0 atom stereocenters. The number of pyridine rings is 1. The molecule has 0 spiro atoms. The van der Waals surface area contributed by atoms with E-state index in [1.54, 1.807) is 30.5 Å². The van der Waals surface area contributed by atoms with Gasteiger partial charge in [0.25, 0.3) is 5.91 Å². The monoisotopic (exact) mass is 556 g/mol. The van der Waals surface area contributed by atoms with Crippen LogP contribution in [0.3, 0.4) is 0 Å². The van der Waals surface area contributed by atoms with Crippen molar-refractivity contribution in [2.75, 3.05) is 43.4 Å². The number of ether oxygens (including phenoxy) is 3. The van der Waals surface area contributed by atoms with Crippen molar-refractivity contribution in [1.82, 2.24) is 9.88 Å². The number of hydrogen-bond acceptors (Lipinski definition) is 7. The van der Waals surface area contributed by atoms with Crippen LogP contribution < -0.4 is 24.8 Å². The van der Waals surface area contributed by atoms with E-state index in [0.717, 1.165) is 31.3 Å². The van der Waals surface area contributed by atoms with E-state index in [1.165, 1.54) is 12.1 Å². The number of aromatic nitrogens is 1. The lowest BCUT2D eigenvalue weighted by molar-refractivity contribution is -0.139. The van der Waals surface area contributed by atoms with Gasteiger partial charge in [0.2, 0.25) is 5.75 Å². The molecule has 1 aromatic heterocycles. The first-order valence-corrected chi connectivity index (χ1v) is 13.3. The van der Waals surface area contributed by atoms with Gasteiger partial charge in [-0.25, -0.2) is 4.98 Å². The highest BCUT2D eigenvalue weighted by atomic mass is 19.4. The maximum absolute atomic E-state index is 13.9. The topological polar surface area (TPSA) is 85.0 Å². The summed E-state index contributed by atoms with van der Waals surface area (Å²) in [5.74, 6) is 1.07. The van der Waals surface area contributed by atoms with Crippen molar-refractivity contribution in [3.63, 3.8) is 0 Å². The van der Waals surface area contributed by atoms with E-state index in [9.17, 15) is 18.0 Å². The molecule has 11 heteroatoms. The summed E-state index contributed by atoms with van der Waals surface area (Å²) in [4.78, 5) is 19.5. The van der Waals surface area contributed by atoms with E-state index in [2.05, 4.69) is 27.4 Å². The lowest BCUT2D eigenvalue weighted by Gasteiger charge is -2.31. The molecule has 1 saturated heterocycles. The minimum atomic E-state index is -4.65. The minimum Gasteiger partial charge on any atom is -0.490 e. The van der Waals surface area contributed by atoms with Gasteiger partial charge in [-0.05, 0) is 62.2 Å². The summed E-state index contributed by atoms with van der Waals surface area (Å²) < 4.78 is 59.4. The molecule has 1 amide bonds. The van der Waals surface area contributed by atoms with E-state index >= 15 is 0 Å². The van der Waals surface area contributed by atoms with Crippen molar-refractivity contribution in [3.05, 3.63) is 65.4 Å². The first-order chi connectivity index (χ1) is 19.2. The average molecular weight is 557 g/mol. The lowest BCUT2D eigenvalue weighted by atomic mass is 10.1. The number of hydrogen-bond donors (Lipinski definition) is 2. The second-order valence-electron chi connectivity index (χ2n) is 9.76.